The summed E-state index contributed by atoms with van der Waals surface area (Å²) in [5.74, 6) is 0. The van der Waals surface area contributed by atoms with Gasteiger partial charge in [-0.1, -0.05) is 107 Å². The zero-order chi connectivity index (χ0) is 25.9. The van der Waals surface area contributed by atoms with Crippen LogP contribution in [0.4, 0.5) is 0 Å². The number of halogens is 1. The smallest absolute Gasteiger partial charge is 0.0547 e. The molecule has 8 aromatic rings. The summed E-state index contributed by atoms with van der Waals surface area (Å²) in [5.41, 5.74) is 8.48. The third-order valence-electron chi connectivity index (χ3n) is 7.69. The lowest BCUT2D eigenvalue weighted by molar-refractivity contribution is 1.19. The highest BCUT2D eigenvalue weighted by Crippen LogP contribution is 2.41. The molecule has 39 heavy (non-hydrogen) atoms. The lowest BCUT2D eigenvalue weighted by Gasteiger charge is -2.13. The lowest BCUT2D eigenvalue weighted by atomic mass is 9.94. The summed E-state index contributed by atoms with van der Waals surface area (Å²) in [6.07, 6.45) is 0. The van der Waals surface area contributed by atoms with E-state index in [0.29, 0.717) is 0 Å². The number of rotatable bonds is 3. The van der Waals surface area contributed by atoms with E-state index >= 15 is 0 Å². The summed E-state index contributed by atoms with van der Waals surface area (Å²) in [7, 11) is 0. The van der Waals surface area contributed by atoms with E-state index in [0.717, 1.165) is 4.47 Å². The first kappa shape index (κ1) is 22.8. The molecule has 0 amide bonds. The van der Waals surface area contributed by atoms with E-state index in [1.807, 2.05) is 11.3 Å². The van der Waals surface area contributed by atoms with Gasteiger partial charge < -0.3 is 4.57 Å². The Labute approximate surface area is 238 Å². The van der Waals surface area contributed by atoms with Crippen LogP contribution >= 0.6 is 27.3 Å². The Morgan fingerprint density at radius 2 is 1.13 bits per heavy atom. The van der Waals surface area contributed by atoms with Gasteiger partial charge in [-0.15, -0.1) is 11.3 Å². The van der Waals surface area contributed by atoms with E-state index < -0.39 is 0 Å². The summed E-state index contributed by atoms with van der Waals surface area (Å²) < 4.78 is 6.19. The molecule has 8 rings (SSSR count). The van der Waals surface area contributed by atoms with Crippen molar-refractivity contribution < 1.29 is 0 Å². The predicted octanol–water partition coefficient (Wildman–Crippen LogP) is 11.2. The van der Waals surface area contributed by atoms with Gasteiger partial charge in [0.25, 0.3) is 0 Å². The first-order valence-corrected chi connectivity index (χ1v) is 14.7. The number of hydrogen-bond donors (Lipinski definition) is 0. The summed E-state index contributed by atoms with van der Waals surface area (Å²) in [6, 6.07) is 48.4. The molecule has 0 bridgehead atoms. The molecule has 1 nitrogen and oxygen atoms in total. The van der Waals surface area contributed by atoms with Crippen LogP contribution in [0.25, 0.3) is 69.9 Å². The van der Waals surface area contributed by atoms with E-state index in [1.165, 1.54) is 69.9 Å². The third-order valence-corrected chi connectivity index (χ3v) is 9.54. The Morgan fingerprint density at radius 1 is 0.462 bits per heavy atom. The zero-order valence-corrected chi connectivity index (χ0v) is 23.3. The first-order chi connectivity index (χ1) is 19.3. The molecule has 0 saturated carbocycles. The first-order valence-electron chi connectivity index (χ1n) is 13.1. The van der Waals surface area contributed by atoms with Gasteiger partial charge in [0.1, 0.15) is 0 Å². The molecule has 0 N–H and O–H groups in total. The molecular weight excluding hydrogens is 558 g/mol. The van der Waals surface area contributed by atoms with Crippen LogP contribution in [0.5, 0.6) is 0 Å². The minimum Gasteiger partial charge on any atom is -0.309 e. The van der Waals surface area contributed by atoms with Gasteiger partial charge in [0.2, 0.25) is 0 Å². The summed E-state index contributed by atoms with van der Waals surface area (Å²) in [5, 5.41) is 5.18. The number of benzene rings is 6. The SMILES string of the molecule is Brc1ccccc1-c1ccccc1-c1ccc2c3ccccc3n(-c3ccc4sc5ccccc5c4c3)c2c1. The Morgan fingerprint density at radius 3 is 2.00 bits per heavy atom. The van der Waals surface area contributed by atoms with Crippen molar-refractivity contribution >= 4 is 69.2 Å². The van der Waals surface area contributed by atoms with Gasteiger partial charge in [0.05, 0.1) is 11.0 Å². The van der Waals surface area contributed by atoms with Gasteiger partial charge in [-0.25, -0.2) is 0 Å². The number of para-hydroxylation sites is 1. The van der Waals surface area contributed by atoms with Crippen molar-refractivity contribution in [1.29, 1.82) is 0 Å². The van der Waals surface area contributed by atoms with Crippen LogP contribution in [0.3, 0.4) is 0 Å². The highest BCUT2D eigenvalue weighted by Gasteiger charge is 2.16. The number of fused-ring (bicyclic) bond motifs is 6. The number of nitrogens with zero attached hydrogens (tertiary/aromatic N) is 1. The fourth-order valence-electron chi connectivity index (χ4n) is 5.92. The molecule has 0 atom stereocenters. The van der Waals surface area contributed by atoms with Crippen LogP contribution in [0, 0.1) is 0 Å². The van der Waals surface area contributed by atoms with Crippen molar-refractivity contribution in [3.8, 4) is 27.9 Å². The second kappa shape index (κ2) is 8.94. The van der Waals surface area contributed by atoms with E-state index in [2.05, 4.69) is 154 Å². The zero-order valence-electron chi connectivity index (χ0n) is 20.9. The maximum Gasteiger partial charge on any atom is 0.0547 e. The number of aromatic nitrogens is 1. The molecule has 0 unspecified atom stereocenters. The van der Waals surface area contributed by atoms with Crippen LogP contribution in [0.1, 0.15) is 0 Å². The minimum atomic E-state index is 1.10. The average Bonchev–Trinajstić information content (AvgIpc) is 3.52. The molecule has 0 fully saturated rings. The second-order valence-electron chi connectivity index (χ2n) is 9.89. The van der Waals surface area contributed by atoms with Crippen molar-refractivity contribution in [1.82, 2.24) is 4.57 Å². The summed E-state index contributed by atoms with van der Waals surface area (Å²) >= 11 is 5.64. The normalized spacial score (nSPS) is 11.7. The third kappa shape index (κ3) is 3.58. The molecule has 0 saturated heterocycles. The van der Waals surface area contributed by atoms with Crippen molar-refractivity contribution in [3.05, 3.63) is 138 Å². The fourth-order valence-corrected chi connectivity index (χ4v) is 7.50. The molecular formula is C36H22BrNS. The van der Waals surface area contributed by atoms with Gasteiger partial charge in [0, 0.05) is 41.1 Å². The molecule has 0 spiro atoms. The Kier molecular flexibility index (Phi) is 5.22. The standard InChI is InChI=1S/C36H22BrNS/c37-32-14-6-3-11-27(32)26-10-2-1-9-25(26)23-17-19-29-28-12-4-7-15-33(28)38(34(29)21-23)24-18-20-36-31(22-24)30-13-5-8-16-35(30)39-36/h1-22H. The molecule has 0 aliphatic heterocycles. The lowest BCUT2D eigenvalue weighted by Crippen LogP contribution is -1.94. The van der Waals surface area contributed by atoms with E-state index in [-0.39, 0.29) is 0 Å². The van der Waals surface area contributed by atoms with Gasteiger partial charge in [-0.3, -0.25) is 0 Å². The number of thiophene rings is 1. The van der Waals surface area contributed by atoms with Crippen LogP contribution in [0.2, 0.25) is 0 Å². The maximum absolute atomic E-state index is 3.78. The van der Waals surface area contributed by atoms with Crippen molar-refractivity contribution in [3.63, 3.8) is 0 Å². The molecule has 184 valence electrons. The highest BCUT2D eigenvalue weighted by atomic mass is 79.9. The monoisotopic (exact) mass is 579 g/mol. The van der Waals surface area contributed by atoms with Crippen molar-refractivity contribution in [2.75, 3.05) is 0 Å². The largest absolute Gasteiger partial charge is 0.309 e. The highest BCUT2D eigenvalue weighted by molar-refractivity contribution is 9.10. The van der Waals surface area contributed by atoms with Gasteiger partial charge >= 0.3 is 0 Å². The quantitative estimate of drug-likeness (QED) is 0.196. The van der Waals surface area contributed by atoms with Crippen molar-refractivity contribution in [2.24, 2.45) is 0 Å². The molecule has 3 heteroatoms. The second-order valence-corrected chi connectivity index (χ2v) is 11.8. The molecule has 0 aliphatic rings. The minimum absolute atomic E-state index is 1.10. The Bertz CT molecular complexity index is 2200. The molecule has 0 aliphatic carbocycles. The molecule has 2 aromatic heterocycles. The molecule has 0 radical (unpaired) electrons. The van der Waals surface area contributed by atoms with Gasteiger partial charge in [-0.05, 0) is 64.7 Å². The van der Waals surface area contributed by atoms with E-state index in [1.54, 1.807) is 0 Å². The molecule has 6 aromatic carbocycles. The van der Waals surface area contributed by atoms with E-state index in [9.17, 15) is 0 Å². The summed E-state index contributed by atoms with van der Waals surface area (Å²) in [4.78, 5) is 0. The summed E-state index contributed by atoms with van der Waals surface area (Å²) in [6.45, 7) is 0. The van der Waals surface area contributed by atoms with Gasteiger partial charge in [-0.2, -0.15) is 0 Å². The molecule has 2 heterocycles. The fraction of sp³-hybridized carbons (Fsp3) is 0. The Balaban J connectivity index is 1.41. The predicted molar refractivity (Wildman–Crippen MR) is 172 cm³/mol. The van der Waals surface area contributed by atoms with Crippen LogP contribution < -0.4 is 0 Å². The number of hydrogen-bond acceptors (Lipinski definition) is 1. The van der Waals surface area contributed by atoms with Crippen LogP contribution in [0.15, 0.2) is 138 Å². The topological polar surface area (TPSA) is 4.93 Å². The van der Waals surface area contributed by atoms with Crippen LogP contribution in [-0.4, -0.2) is 4.57 Å². The van der Waals surface area contributed by atoms with E-state index in [4.69, 9.17) is 0 Å². The van der Waals surface area contributed by atoms with Crippen LogP contribution in [-0.2, 0) is 0 Å². The maximum atomic E-state index is 3.78. The Hall–Kier alpha value is -4.18. The average molecular weight is 581 g/mol. The van der Waals surface area contributed by atoms with Gasteiger partial charge in [0.15, 0.2) is 0 Å². The van der Waals surface area contributed by atoms with Crippen molar-refractivity contribution in [2.45, 2.75) is 0 Å².